The Morgan fingerprint density at radius 3 is 1.82 bits per heavy atom. The summed E-state index contributed by atoms with van der Waals surface area (Å²) in [6, 6.07) is 14.5. The van der Waals surface area contributed by atoms with Crippen molar-refractivity contribution < 1.29 is 36.3 Å². The van der Waals surface area contributed by atoms with Crippen LogP contribution in [0.1, 0.15) is 62.8 Å². The number of pyridine rings is 2. The van der Waals surface area contributed by atoms with Gasteiger partial charge in [0.1, 0.15) is 0 Å². The number of aryl methyl sites for hydroxylation is 2. The van der Waals surface area contributed by atoms with Crippen LogP contribution >= 0.6 is 15.9 Å². The van der Waals surface area contributed by atoms with Gasteiger partial charge in [-0.2, -0.15) is 17.6 Å². The summed E-state index contributed by atoms with van der Waals surface area (Å²) in [5.41, 5.74) is 20.2. The number of nitrogens with zero attached hydrogens (tertiary/aromatic N) is 2. The maximum Gasteiger partial charge on any atom is 0.495 e. The van der Waals surface area contributed by atoms with Crippen LogP contribution in [0.25, 0.3) is 11.1 Å². The van der Waals surface area contributed by atoms with E-state index in [-0.39, 0.29) is 11.8 Å². The zero-order chi connectivity index (χ0) is 36.2. The number of nitrogen functional groups attached to an aromatic ring is 2. The Morgan fingerprint density at radius 2 is 1.24 bits per heavy atom. The molecule has 0 bridgehead atoms. The van der Waals surface area contributed by atoms with Crippen molar-refractivity contribution in [2.24, 2.45) is 0 Å². The lowest BCUT2D eigenvalue weighted by atomic mass is 9.80. The summed E-state index contributed by atoms with van der Waals surface area (Å²) in [5, 5.41) is 0. The molecular weight excluding hydrogens is 719 g/mol. The van der Waals surface area contributed by atoms with E-state index in [9.17, 15) is 17.6 Å². The Morgan fingerprint density at radius 1 is 0.720 bits per heavy atom. The third kappa shape index (κ3) is 8.70. The van der Waals surface area contributed by atoms with E-state index < -0.39 is 31.5 Å². The van der Waals surface area contributed by atoms with E-state index in [1.165, 1.54) is 59.6 Å². The lowest BCUT2D eigenvalue weighted by molar-refractivity contribution is -0.0535. The SMILES string of the molecule is CC1(C)OB(c2ccnc(OC(F)F)c2)OC1(C)C.Nc1c(-c2ccnc(OC(F)F)c2)ccc2c1CCC2.Nc1c(Br)ccc2c1CCC2. The van der Waals surface area contributed by atoms with Gasteiger partial charge in [-0.05, 0) is 134 Å². The number of rotatable bonds is 6. The minimum absolute atomic E-state index is 0.0996. The summed E-state index contributed by atoms with van der Waals surface area (Å²) in [7, 11) is -0.618. The molecule has 266 valence electrons. The number of ether oxygens (including phenoxy) is 2. The van der Waals surface area contributed by atoms with Gasteiger partial charge in [0.15, 0.2) is 0 Å². The van der Waals surface area contributed by atoms with E-state index in [1.807, 2.05) is 39.8 Å². The zero-order valence-corrected chi connectivity index (χ0v) is 29.9. The minimum atomic E-state index is -2.90. The van der Waals surface area contributed by atoms with Gasteiger partial charge >= 0.3 is 20.3 Å². The number of nitrogens with two attached hydrogens (primary N) is 2. The first-order valence-electron chi connectivity index (χ1n) is 16.3. The molecule has 0 saturated carbocycles. The second-order valence-electron chi connectivity index (χ2n) is 13.1. The van der Waals surface area contributed by atoms with Gasteiger partial charge in [0.05, 0.1) is 11.2 Å². The Hall–Kier alpha value is -3.88. The normalized spacial score (nSPS) is 16.7. The van der Waals surface area contributed by atoms with Gasteiger partial charge in [-0.3, -0.25) is 0 Å². The maximum atomic E-state index is 12.2. The molecule has 3 heterocycles. The summed E-state index contributed by atoms with van der Waals surface area (Å²) in [6.45, 7) is 1.90. The first kappa shape index (κ1) is 37.4. The molecular formula is C36H40BBrF4N4O4. The van der Waals surface area contributed by atoms with Gasteiger partial charge in [-0.15, -0.1) is 0 Å². The number of aromatic nitrogens is 2. The fraction of sp³-hybridized carbons (Fsp3) is 0.389. The summed E-state index contributed by atoms with van der Waals surface area (Å²) in [5.74, 6) is -0.250. The molecule has 2 aromatic heterocycles. The van der Waals surface area contributed by atoms with Crippen molar-refractivity contribution in [2.45, 2.75) is 90.6 Å². The lowest BCUT2D eigenvalue weighted by Gasteiger charge is -2.32. The van der Waals surface area contributed by atoms with Crippen molar-refractivity contribution in [1.29, 1.82) is 0 Å². The third-order valence-corrected chi connectivity index (χ3v) is 10.0. The second kappa shape index (κ2) is 15.6. The van der Waals surface area contributed by atoms with Crippen LogP contribution in [0.5, 0.6) is 11.8 Å². The van der Waals surface area contributed by atoms with Crippen LogP contribution in [0.4, 0.5) is 28.9 Å². The molecule has 3 aliphatic rings. The summed E-state index contributed by atoms with van der Waals surface area (Å²) in [4.78, 5) is 7.47. The highest BCUT2D eigenvalue weighted by Crippen LogP contribution is 2.38. The molecule has 2 aliphatic carbocycles. The quantitative estimate of drug-likeness (QED) is 0.116. The smallest absolute Gasteiger partial charge is 0.417 e. The Bertz CT molecular complexity index is 1800. The monoisotopic (exact) mass is 758 g/mol. The molecule has 4 N–H and O–H groups in total. The van der Waals surface area contributed by atoms with Crippen LogP contribution in [-0.4, -0.2) is 41.5 Å². The number of hydrogen-bond acceptors (Lipinski definition) is 8. The second-order valence-corrected chi connectivity index (χ2v) is 14.0. The number of hydrogen-bond donors (Lipinski definition) is 2. The van der Waals surface area contributed by atoms with E-state index in [1.54, 1.807) is 12.1 Å². The molecule has 50 heavy (non-hydrogen) atoms. The van der Waals surface area contributed by atoms with E-state index in [0.717, 1.165) is 52.7 Å². The third-order valence-electron chi connectivity index (χ3n) is 9.35. The predicted octanol–water partition coefficient (Wildman–Crippen LogP) is 7.92. The van der Waals surface area contributed by atoms with E-state index in [2.05, 4.69) is 47.5 Å². The number of fused-ring (bicyclic) bond motifs is 2. The van der Waals surface area contributed by atoms with Crippen molar-refractivity contribution >= 4 is 39.9 Å². The largest absolute Gasteiger partial charge is 0.495 e. The average molecular weight is 759 g/mol. The molecule has 4 aromatic rings. The van der Waals surface area contributed by atoms with Crippen LogP contribution in [0.2, 0.25) is 0 Å². The molecule has 2 aromatic carbocycles. The molecule has 1 saturated heterocycles. The molecule has 8 nitrogen and oxygen atoms in total. The Kier molecular flexibility index (Phi) is 11.6. The van der Waals surface area contributed by atoms with Gasteiger partial charge in [0.25, 0.3) is 0 Å². The molecule has 0 radical (unpaired) electrons. The van der Waals surface area contributed by atoms with Crippen LogP contribution in [0.3, 0.4) is 0 Å². The zero-order valence-electron chi connectivity index (χ0n) is 28.3. The first-order chi connectivity index (χ1) is 23.6. The topological polar surface area (TPSA) is 115 Å². The van der Waals surface area contributed by atoms with Gasteiger partial charge < -0.3 is 30.2 Å². The number of alkyl halides is 4. The predicted molar refractivity (Wildman–Crippen MR) is 190 cm³/mol. The Balaban J connectivity index is 0.000000152. The molecule has 0 spiro atoms. The standard InChI is InChI=1S/C15H14F2N2O.C12H16BF2NO3.C9H10BrN/c16-15(17)20-13-8-10(6-7-19-13)12-5-4-9-2-1-3-11(9)14(12)18;1-11(2)12(3,4)19-13(18-11)8-5-6-16-9(7-8)17-10(14)15;10-8-5-4-6-2-1-3-7(6)9(8)11/h4-8,15H,1-3,18H2;5-7,10H,1-4H3;4-5H,1-3,11H2. The van der Waals surface area contributed by atoms with Crippen LogP contribution in [0, 0.1) is 0 Å². The van der Waals surface area contributed by atoms with Crippen molar-refractivity contribution in [1.82, 2.24) is 9.97 Å². The highest BCUT2D eigenvalue weighted by molar-refractivity contribution is 9.10. The minimum Gasteiger partial charge on any atom is -0.417 e. The molecule has 14 heteroatoms. The molecule has 0 unspecified atom stereocenters. The number of halogens is 5. The molecule has 1 aliphatic heterocycles. The van der Waals surface area contributed by atoms with Crippen LogP contribution in [0.15, 0.2) is 65.4 Å². The highest BCUT2D eigenvalue weighted by Gasteiger charge is 2.51. The van der Waals surface area contributed by atoms with Crippen molar-refractivity contribution in [3.8, 4) is 22.9 Å². The van der Waals surface area contributed by atoms with Gasteiger partial charge in [0.2, 0.25) is 11.8 Å². The maximum absolute atomic E-state index is 12.2. The fourth-order valence-electron chi connectivity index (χ4n) is 6.05. The summed E-state index contributed by atoms with van der Waals surface area (Å²) >= 11 is 3.42. The molecule has 7 rings (SSSR count). The number of anilines is 2. The summed E-state index contributed by atoms with van der Waals surface area (Å²) in [6.07, 6.45) is 9.58. The van der Waals surface area contributed by atoms with Gasteiger partial charge in [0, 0.05) is 45.9 Å². The van der Waals surface area contributed by atoms with E-state index in [0.29, 0.717) is 5.46 Å². The Labute approximate surface area is 298 Å². The van der Waals surface area contributed by atoms with Crippen molar-refractivity contribution in [3.63, 3.8) is 0 Å². The average Bonchev–Trinajstić information content (AvgIpc) is 3.78. The number of benzene rings is 2. The van der Waals surface area contributed by atoms with Crippen LogP contribution < -0.4 is 26.4 Å². The summed E-state index contributed by atoms with van der Waals surface area (Å²) < 4.78 is 70.0. The highest BCUT2D eigenvalue weighted by atomic mass is 79.9. The van der Waals surface area contributed by atoms with Gasteiger partial charge in [-0.25, -0.2) is 9.97 Å². The lowest BCUT2D eigenvalue weighted by Crippen LogP contribution is -2.41. The van der Waals surface area contributed by atoms with Crippen molar-refractivity contribution in [2.75, 3.05) is 11.5 Å². The van der Waals surface area contributed by atoms with E-state index >= 15 is 0 Å². The van der Waals surface area contributed by atoms with Crippen molar-refractivity contribution in [3.05, 3.63) is 87.7 Å². The molecule has 0 amide bonds. The fourth-order valence-corrected chi connectivity index (χ4v) is 6.42. The first-order valence-corrected chi connectivity index (χ1v) is 17.1. The molecule has 0 atom stereocenters. The van der Waals surface area contributed by atoms with Crippen LogP contribution in [-0.2, 0) is 35.0 Å². The van der Waals surface area contributed by atoms with Gasteiger partial charge in [-0.1, -0.05) is 18.2 Å². The molecule has 1 fully saturated rings. The van der Waals surface area contributed by atoms with E-state index in [4.69, 9.17) is 20.8 Å².